The van der Waals surface area contributed by atoms with Gasteiger partial charge in [-0.1, -0.05) is 0 Å². The SMILES string of the molecule is CC(C)(N)C(=O)NCC(O)COc1ccc(C(F)(F)F)cc1. The normalized spacial score (nSPS) is 13.6. The minimum Gasteiger partial charge on any atom is -0.491 e. The average Bonchev–Trinajstić information content (AvgIpc) is 2.40. The molecule has 1 rings (SSSR count). The van der Waals surface area contributed by atoms with Gasteiger partial charge in [-0.05, 0) is 38.1 Å². The fourth-order valence-electron chi connectivity index (χ4n) is 1.43. The predicted molar refractivity (Wildman–Crippen MR) is 74.2 cm³/mol. The topological polar surface area (TPSA) is 84.6 Å². The molecule has 1 aromatic rings. The third-order valence-corrected chi connectivity index (χ3v) is 2.71. The van der Waals surface area contributed by atoms with Crippen molar-refractivity contribution in [3.05, 3.63) is 29.8 Å². The standard InChI is InChI=1S/C14H19F3N2O3/c1-13(2,18)12(21)19-7-10(20)8-22-11-5-3-9(4-6-11)14(15,16)17/h3-6,10,20H,7-8,18H2,1-2H3,(H,19,21). The lowest BCUT2D eigenvalue weighted by molar-refractivity contribution is -0.137. The summed E-state index contributed by atoms with van der Waals surface area (Å²) in [6.45, 7) is 2.80. The van der Waals surface area contributed by atoms with Crippen molar-refractivity contribution >= 4 is 5.91 Å². The van der Waals surface area contributed by atoms with Crippen LogP contribution in [0.5, 0.6) is 5.75 Å². The summed E-state index contributed by atoms with van der Waals surface area (Å²) in [5.74, 6) is -0.237. The van der Waals surface area contributed by atoms with Crippen LogP contribution in [-0.4, -0.2) is 35.8 Å². The van der Waals surface area contributed by atoms with Crippen molar-refractivity contribution in [2.45, 2.75) is 31.7 Å². The molecule has 0 fully saturated rings. The summed E-state index contributed by atoms with van der Waals surface area (Å²) < 4.78 is 42.3. The van der Waals surface area contributed by atoms with Crippen molar-refractivity contribution < 1.29 is 27.8 Å². The highest BCUT2D eigenvalue weighted by Gasteiger charge is 2.30. The Morgan fingerprint density at radius 3 is 2.32 bits per heavy atom. The second kappa shape index (κ2) is 6.97. The number of amides is 1. The first kappa shape index (κ1) is 18.2. The molecule has 0 aromatic heterocycles. The molecule has 8 heteroatoms. The summed E-state index contributed by atoms with van der Waals surface area (Å²) in [7, 11) is 0. The summed E-state index contributed by atoms with van der Waals surface area (Å²) in [5.41, 5.74) is 3.72. The summed E-state index contributed by atoms with van der Waals surface area (Å²) in [4.78, 5) is 11.5. The highest BCUT2D eigenvalue weighted by Crippen LogP contribution is 2.30. The van der Waals surface area contributed by atoms with Gasteiger partial charge in [0.25, 0.3) is 0 Å². The molecular formula is C14H19F3N2O3. The largest absolute Gasteiger partial charge is 0.491 e. The van der Waals surface area contributed by atoms with Crippen LogP contribution in [0, 0.1) is 0 Å². The molecule has 124 valence electrons. The van der Waals surface area contributed by atoms with Crippen LogP contribution in [0.4, 0.5) is 13.2 Å². The van der Waals surface area contributed by atoms with Crippen LogP contribution in [0.2, 0.25) is 0 Å². The van der Waals surface area contributed by atoms with Gasteiger partial charge in [0.05, 0.1) is 11.1 Å². The number of carbonyl (C=O) groups excluding carboxylic acids is 1. The van der Waals surface area contributed by atoms with E-state index >= 15 is 0 Å². The van der Waals surface area contributed by atoms with E-state index in [1.807, 2.05) is 0 Å². The molecule has 0 saturated carbocycles. The fourth-order valence-corrected chi connectivity index (χ4v) is 1.43. The van der Waals surface area contributed by atoms with Gasteiger partial charge in [-0.15, -0.1) is 0 Å². The van der Waals surface area contributed by atoms with Gasteiger partial charge in [0, 0.05) is 6.54 Å². The molecule has 1 unspecified atom stereocenters. The highest BCUT2D eigenvalue weighted by molar-refractivity contribution is 5.85. The van der Waals surface area contributed by atoms with E-state index < -0.39 is 29.3 Å². The molecule has 0 heterocycles. The van der Waals surface area contributed by atoms with Crippen LogP contribution in [0.25, 0.3) is 0 Å². The Balaban J connectivity index is 2.41. The molecular weight excluding hydrogens is 301 g/mol. The number of hydrogen-bond acceptors (Lipinski definition) is 4. The Morgan fingerprint density at radius 2 is 1.86 bits per heavy atom. The zero-order valence-electron chi connectivity index (χ0n) is 12.3. The lowest BCUT2D eigenvalue weighted by Gasteiger charge is -2.19. The highest BCUT2D eigenvalue weighted by atomic mass is 19.4. The maximum absolute atomic E-state index is 12.4. The number of hydrogen-bond donors (Lipinski definition) is 3. The molecule has 5 nitrogen and oxygen atoms in total. The van der Waals surface area contributed by atoms with Crippen molar-refractivity contribution in [3.63, 3.8) is 0 Å². The Hall–Kier alpha value is -1.80. The Morgan fingerprint density at radius 1 is 1.32 bits per heavy atom. The van der Waals surface area contributed by atoms with E-state index in [2.05, 4.69) is 5.32 Å². The molecule has 0 aliphatic carbocycles. The van der Waals surface area contributed by atoms with Crippen molar-refractivity contribution in [2.24, 2.45) is 5.73 Å². The zero-order chi connectivity index (χ0) is 17.0. The number of carbonyl (C=O) groups is 1. The molecule has 0 spiro atoms. The molecule has 0 radical (unpaired) electrons. The Bertz CT molecular complexity index is 496. The maximum atomic E-state index is 12.4. The number of benzene rings is 1. The number of ether oxygens (including phenoxy) is 1. The van der Waals surface area contributed by atoms with Crippen LogP contribution in [-0.2, 0) is 11.0 Å². The van der Waals surface area contributed by atoms with Crippen LogP contribution in [0.1, 0.15) is 19.4 Å². The smallest absolute Gasteiger partial charge is 0.416 e. The number of nitrogens with two attached hydrogens (primary N) is 1. The lowest BCUT2D eigenvalue weighted by atomic mass is 10.1. The molecule has 22 heavy (non-hydrogen) atoms. The van der Waals surface area contributed by atoms with E-state index in [4.69, 9.17) is 10.5 Å². The van der Waals surface area contributed by atoms with E-state index in [0.29, 0.717) is 0 Å². The molecule has 0 bridgehead atoms. The van der Waals surface area contributed by atoms with Crippen molar-refractivity contribution in [1.29, 1.82) is 0 Å². The quantitative estimate of drug-likeness (QED) is 0.737. The van der Waals surface area contributed by atoms with Gasteiger partial charge in [0.2, 0.25) is 5.91 Å². The van der Waals surface area contributed by atoms with Gasteiger partial charge < -0.3 is 20.9 Å². The number of rotatable bonds is 6. The van der Waals surface area contributed by atoms with E-state index in [1.165, 1.54) is 13.8 Å². The van der Waals surface area contributed by atoms with Crippen LogP contribution in [0.3, 0.4) is 0 Å². The van der Waals surface area contributed by atoms with Crippen molar-refractivity contribution in [2.75, 3.05) is 13.2 Å². The lowest BCUT2D eigenvalue weighted by Crippen LogP contribution is -2.51. The monoisotopic (exact) mass is 320 g/mol. The third-order valence-electron chi connectivity index (χ3n) is 2.71. The van der Waals surface area contributed by atoms with E-state index in [9.17, 15) is 23.1 Å². The number of nitrogens with one attached hydrogen (secondary N) is 1. The predicted octanol–water partition coefficient (Wildman–Crippen LogP) is 1.30. The first-order valence-electron chi connectivity index (χ1n) is 6.55. The zero-order valence-corrected chi connectivity index (χ0v) is 12.3. The van der Waals surface area contributed by atoms with Crippen LogP contribution < -0.4 is 15.8 Å². The summed E-state index contributed by atoms with van der Waals surface area (Å²) in [6, 6.07) is 4.11. The molecule has 1 atom stereocenters. The van der Waals surface area contributed by atoms with Crippen molar-refractivity contribution in [1.82, 2.24) is 5.32 Å². The van der Waals surface area contributed by atoms with Gasteiger partial charge in [-0.2, -0.15) is 13.2 Å². The molecule has 1 amide bonds. The van der Waals surface area contributed by atoms with Gasteiger partial charge in [0.15, 0.2) is 0 Å². The van der Waals surface area contributed by atoms with Crippen LogP contribution in [0.15, 0.2) is 24.3 Å². The number of halogens is 3. The summed E-state index contributed by atoms with van der Waals surface area (Å²) in [6.07, 6.45) is -5.41. The van der Waals surface area contributed by atoms with Gasteiger partial charge in [-0.25, -0.2) is 0 Å². The minimum atomic E-state index is -4.41. The molecule has 0 saturated heterocycles. The second-order valence-corrected chi connectivity index (χ2v) is 5.42. The number of aliphatic hydroxyl groups is 1. The summed E-state index contributed by atoms with van der Waals surface area (Å²) >= 11 is 0. The minimum absolute atomic E-state index is 0.0693. The van der Waals surface area contributed by atoms with Crippen LogP contribution >= 0.6 is 0 Å². The summed E-state index contributed by atoms with van der Waals surface area (Å²) in [5, 5.41) is 12.1. The Kier molecular flexibility index (Phi) is 5.78. The van der Waals surface area contributed by atoms with Crippen molar-refractivity contribution in [3.8, 4) is 5.75 Å². The number of aliphatic hydroxyl groups excluding tert-OH is 1. The van der Waals surface area contributed by atoms with E-state index in [0.717, 1.165) is 24.3 Å². The first-order valence-corrected chi connectivity index (χ1v) is 6.55. The van der Waals surface area contributed by atoms with Gasteiger partial charge >= 0.3 is 6.18 Å². The second-order valence-electron chi connectivity index (χ2n) is 5.42. The third kappa shape index (κ3) is 5.90. The fraction of sp³-hybridized carbons (Fsp3) is 0.500. The van der Waals surface area contributed by atoms with E-state index in [-0.39, 0.29) is 18.9 Å². The number of alkyl halides is 3. The Labute approximate surface area is 126 Å². The molecule has 1 aromatic carbocycles. The van der Waals surface area contributed by atoms with Gasteiger partial charge in [0.1, 0.15) is 18.5 Å². The molecule has 0 aliphatic rings. The average molecular weight is 320 g/mol. The van der Waals surface area contributed by atoms with E-state index in [1.54, 1.807) is 0 Å². The molecule has 4 N–H and O–H groups in total. The molecule has 0 aliphatic heterocycles. The van der Waals surface area contributed by atoms with Gasteiger partial charge in [-0.3, -0.25) is 4.79 Å². The maximum Gasteiger partial charge on any atom is 0.416 e. The first-order chi connectivity index (χ1) is 10.00.